The van der Waals surface area contributed by atoms with E-state index in [0.717, 1.165) is 11.4 Å². The number of nitrogen functional groups attached to an aromatic ring is 1. The van der Waals surface area contributed by atoms with Crippen LogP contribution in [0.5, 0.6) is 0 Å². The molecule has 18 heavy (non-hydrogen) atoms. The van der Waals surface area contributed by atoms with Crippen molar-refractivity contribution >= 4 is 11.6 Å². The number of nitrogens with one attached hydrogen (secondary N) is 1. The molecule has 5 heteroatoms. The first-order chi connectivity index (χ1) is 8.70. The first-order valence-electron chi connectivity index (χ1n) is 6.76. The summed E-state index contributed by atoms with van der Waals surface area (Å²) in [5.74, 6) is 1.45. The molecular formula is C13H23N5. The average Bonchev–Trinajstić information content (AvgIpc) is 2.38. The van der Waals surface area contributed by atoms with Crippen LogP contribution < -0.4 is 11.1 Å². The fourth-order valence-electron chi connectivity index (χ4n) is 2.42. The number of piperidine rings is 1. The lowest BCUT2D eigenvalue weighted by molar-refractivity contribution is 0.219. The van der Waals surface area contributed by atoms with Crippen molar-refractivity contribution in [1.29, 1.82) is 0 Å². The molecule has 0 aliphatic carbocycles. The van der Waals surface area contributed by atoms with Crippen molar-refractivity contribution in [2.75, 3.05) is 30.7 Å². The van der Waals surface area contributed by atoms with Gasteiger partial charge < -0.3 is 16.0 Å². The van der Waals surface area contributed by atoms with E-state index in [1.165, 1.54) is 45.2 Å². The molecule has 0 saturated carbocycles. The van der Waals surface area contributed by atoms with Gasteiger partial charge in [0.05, 0.1) is 0 Å². The lowest BCUT2D eigenvalue weighted by Gasteiger charge is -2.32. The maximum atomic E-state index is 5.79. The first kappa shape index (κ1) is 13.1. The van der Waals surface area contributed by atoms with E-state index in [0.29, 0.717) is 11.9 Å². The summed E-state index contributed by atoms with van der Waals surface area (Å²) in [7, 11) is 0. The highest BCUT2D eigenvalue weighted by atomic mass is 15.1. The zero-order chi connectivity index (χ0) is 13.0. The topological polar surface area (TPSA) is 67.1 Å². The summed E-state index contributed by atoms with van der Waals surface area (Å²) in [5, 5.41) is 3.49. The molecule has 1 aliphatic rings. The van der Waals surface area contributed by atoms with Gasteiger partial charge in [0.2, 0.25) is 0 Å². The van der Waals surface area contributed by atoms with E-state index < -0.39 is 0 Å². The van der Waals surface area contributed by atoms with Crippen LogP contribution in [-0.4, -0.2) is 40.5 Å². The van der Waals surface area contributed by atoms with E-state index in [1.807, 2.05) is 6.92 Å². The molecule has 1 aromatic heterocycles. The molecule has 0 aromatic carbocycles. The Kier molecular flexibility index (Phi) is 4.36. The molecule has 5 nitrogen and oxygen atoms in total. The quantitative estimate of drug-likeness (QED) is 0.849. The standard InChI is InChI=1S/C13H23N5/c1-3-6-18-7-4-11(5-8-18)17-13-10(2)12(14)15-9-16-13/h9,11H,3-8H2,1-2H3,(H3,14,15,16,17). The van der Waals surface area contributed by atoms with E-state index in [1.54, 1.807) is 0 Å². The zero-order valence-electron chi connectivity index (χ0n) is 11.3. The number of hydrogen-bond donors (Lipinski definition) is 2. The second-order valence-electron chi connectivity index (χ2n) is 4.99. The summed E-state index contributed by atoms with van der Waals surface area (Å²) in [6.07, 6.45) is 5.10. The second kappa shape index (κ2) is 6.00. The third-order valence-corrected chi connectivity index (χ3v) is 3.59. The highest BCUT2D eigenvalue weighted by molar-refractivity contribution is 5.54. The van der Waals surface area contributed by atoms with Gasteiger partial charge in [-0.05, 0) is 32.7 Å². The van der Waals surface area contributed by atoms with Gasteiger partial charge in [0.1, 0.15) is 18.0 Å². The maximum absolute atomic E-state index is 5.79. The predicted molar refractivity (Wildman–Crippen MR) is 74.6 cm³/mol. The predicted octanol–water partition coefficient (Wildman–Crippen LogP) is 1.65. The van der Waals surface area contributed by atoms with Crippen molar-refractivity contribution in [2.45, 2.75) is 39.2 Å². The van der Waals surface area contributed by atoms with Crippen molar-refractivity contribution in [3.63, 3.8) is 0 Å². The van der Waals surface area contributed by atoms with Gasteiger partial charge in [-0.3, -0.25) is 0 Å². The Bertz CT molecular complexity index is 385. The van der Waals surface area contributed by atoms with E-state index in [-0.39, 0.29) is 0 Å². The SMILES string of the molecule is CCCN1CCC(Nc2ncnc(N)c2C)CC1. The molecule has 1 aromatic rings. The Balaban J connectivity index is 1.90. The zero-order valence-corrected chi connectivity index (χ0v) is 11.3. The van der Waals surface area contributed by atoms with Gasteiger partial charge in [0.25, 0.3) is 0 Å². The van der Waals surface area contributed by atoms with Crippen LogP contribution in [0, 0.1) is 6.92 Å². The van der Waals surface area contributed by atoms with Crippen molar-refractivity contribution in [2.24, 2.45) is 0 Å². The molecule has 0 atom stereocenters. The molecule has 1 aliphatic heterocycles. The lowest BCUT2D eigenvalue weighted by Crippen LogP contribution is -2.39. The summed E-state index contributed by atoms with van der Waals surface area (Å²) >= 11 is 0. The minimum absolute atomic E-state index is 0.506. The lowest BCUT2D eigenvalue weighted by atomic mass is 10.0. The van der Waals surface area contributed by atoms with Crippen molar-refractivity contribution in [3.8, 4) is 0 Å². The third-order valence-electron chi connectivity index (χ3n) is 3.59. The number of nitrogens with two attached hydrogens (primary N) is 1. The molecule has 0 radical (unpaired) electrons. The summed E-state index contributed by atoms with van der Waals surface area (Å²) in [6.45, 7) is 7.75. The number of nitrogens with zero attached hydrogens (tertiary/aromatic N) is 3. The first-order valence-corrected chi connectivity index (χ1v) is 6.76. The molecule has 1 saturated heterocycles. The van der Waals surface area contributed by atoms with Gasteiger partial charge >= 0.3 is 0 Å². The van der Waals surface area contributed by atoms with E-state index >= 15 is 0 Å². The molecule has 0 bridgehead atoms. The monoisotopic (exact) mass is 249 g/mol. The molecule has 100 valence electrons. The van der Waals surface area contributed by atoms with E-state index in [2.05, 4.69) is 27.1 Å². The number of aromatic nitrogens is 2. The molecule has 0 amide bonds. The number of rotatable bonds is 4. The smallest absolute Gasteiger partial charge is 0.134 e. The van der Waals surface area contributed by atoms with Crippen molar-refractivity contribution in [3.05, 3.63) is 11.9 Å². The van der Waals surface area contributed by atoms with E-state index in [4.69, 9.17) is 5.73 Å². The van der Waals surface area contributed by atoms with Crippen LogP contribution in [0.15, 0.2) is 6.33 Å². The molecular weight excluding hydrogens is 226 g/mol. The minimum Gasteiger partial charge on any atom is -0.383 e. The van der Waals surface area contributed by atoms with Gasteiger partial charge in [-0.25, -0.2) is 9.97 Å². The van der Waals surface area contributed by atoms with Gasteiger partial charge in [-0.2, -0.15) is 0 Å². The molecule has 2 rings (SSSR count). The Hall–Kier alpha value is -1.36. The van der Waals surface area contributed by atoms with Crippen molar-refractivity contribution < 1.29 is 0 Å². The van der Waals surface area contributed by atoms with E-state index in [9.17, 15) is 0 Å². The molecule has 0 spiro atoms. The number of hydrogen-bond acceptors (Lipinski definition) is 5. The molecule has 2 heterocycles. The van der Waals surface area contributed by atoms with Crippen molar-refractivity contribution in [1.82, 2.24) is 14.9 Å². The van der Waals surface area contributed by atoms with Gasteiger partial charge in [0, 0.05) is 24.7 Å². The number of likely N-dealkylation sites (tertiary alicyclic amines) is 1. The Labute approximate surface area is 109 Å². The van der Waals surface area contributed by atoms with Crippen LogP contribution in [0.1, 0.15) is 31.7 Å². The largest absolute Gasteiger partial charge is 0.383 e. The molecule has 0 unspecified atom stereocenters. The van der Waals surface area contributed by atoms with Crippen LogP contribution >= 0.6 is 0 Å². The summed E-state index contributed by atoms with van der Waals surface area (Å²) in [5.41, 5.74) is 6.74. The average molecular weight is 249 g/mol. The summed E-state index contributed by atoms with van der Waals surface area (Å²) in [4.78, 5) is 10.8. The maximum Gasteiger partial charge on any atom is 0.134 e. The summed E-state index contributed by atoms with van der Waals surface area (Å²) in [6, 6.07) is 0.506. The fourth-order valence-corrected chi connectivity index (χ4v) is 2.42. The van der Waals surface area contributed by atoms with Crippen LogP contribution in [-0.2, 0) is 0 Å². The highest BCUT2D eigenvalue weighted by Crippen LogP contribution is 2.20. The Morgan fingerprint density at radius 3 is 2.78 bits per heavy atom. The van der Waals surface area contributed by atoms with Crippen LogP contribution in [0.25, 0.3) is 0 Å². The fraction of sp³-hybridized carbons (Fsp3) is 0.692. The Morgan fingerprint density at radius 1 is 1.39 bits per heavy atom. The van der Waals surface area contributed by atoms with Crippen LogP contribution in [0.4, 0.5) is 11.6 Å². The van der Waals surface area contributed by atoms with Gasteiger partial charge in [-0.15, -0.1) is 0 Å². The van der Waals surface area contributed by atoms with Gasteiger partial charge in [-0.1, -0.05) is 6.92 Å². The number of anilines is 2. The van der Waals surface area contributed by atoms with Gasteiger partial charge in [0.15, 0.2) is 0 Å². The minimum atomic E-state index is 0.506. The Morgan fingerprint density at radius 2 is 2.11 bits per heavy atom. The molecule has 3 N–H and O–H groups in total. The van der Waals surface area contributed by atoms with Crippen LogP contribution in [0.3, 0.4) is 0 Å². The normalized spacial score (nSPS) is 17.9. The highest BCUT2D eigenvalue weighted by Gasteiger charge is 2.19. The molecule has 1 fully saturated rings. The second-order valence-corrected chi connectivity index (χ2v) is 4.99. The summed E-state index contributed by atoms with van der Waals surface area (Å²) < 4.78 is 0. The van der Waals surface area contributed by atoms with Crippen LogP contribution in [0.2, 0.25) is 0 Å². The third kappa shape index (κ3) is 3.10.